The largest absolute Gasteiger partial charge is 0.328 e. The SMILES string of the molecule is CCCCC(N)CCCc1ccccc1S(N)(=O)=O. The topological polar surface area (TPSA) is 86.2 Å². The Morgan fingerprint density at radius 2 is 1.79 bits per heavy atom. The molecule has 0 heterocycles. The lowest BCUT2D eigenvalue weighted by Gasteiger charge is -2.11. The summed E-state index contributed by atoms with van der Waals surface area (Å²) in [6.45, 7) is 2.15. The summed E-state index contributed by atoms with van der Waals surface area (Å²) < 4.78 is 22.9. The smallest absolute Gasteiger partial charge is 0.238 e. The van der Waals surface area contributed by atoms with Gasteiger partial charge in [0.05, 0.1) is 4.90 Å². The highest BCUT2D eigenvalue weighted by Crippen LogP contribution is 2.17. The van der Waals surface area contributed by atoms with E-state index in [1.807, 2.05) is 12.1 Å². The molecule has 0 aromatic heterocycles. The Morgan fingerprint density at radius 1 is 1.16 bits per heavy atom. The summed E-state index contributed by atoms with van der Waals surface area (Å²) in [5.74, 6) is 0. The third-order valence-electron chi connectivity index (χ3n) is 3.23. The van der Waals surface area contributed by atoms with Crippen molar-refractivity contribution in [3.8, 4) is 0 Å². The molecule has 108 valence electrons. The Hall–Kier alpha value is -0.910. The second-order valence-corrected chi connectivity index (χ2v) is 6.48. The molecule has 19 heavy (non-hydrogen) atoms. The number of unbranched alkanes of at least 4 members (excludes halogenated alkanes) is 1. The third kappa shape index (κ3) is 5.72. The summed E-state index contributed by atoms with van der Waals surface area (Å²) in [6, 6.07) is 7.11. The number of primary sulfonamides is 1. The molecule has 1 aromatic carbocycles. The molecule has 1 rings (SSSR count). The number of hydrogen-bond acceptors (Lipinski definition) is 3. The van der Waals surface area contributed by atoms with E-state index in [0.29, 0.717) is 6.42 Å². The van der Waals surface area contributed by atoms with Crippen LogP contribution in [0.2, 0.25) is 0 Å². The minimum absolute atomic E-state index is 0.210. The van der Waals surface area contributed by atoms with Gasteiger partial charge in [-0.1, -0.05) is 38.0 Å². The molecule has 5 heteroatoms. The minimum atomic E-state index is -3.63. The van der Waals surface area contributed by atoms with E-state index >= 15 is 0 Å². The van der Waals surface area contributed by atoms with Crippen molar-refractivity contribution in [1.82, 2.24) is 0 Å². The van der Waals surface area contributed by atoms with E-state index in [1.54, 1.807) is 12.1 Å². The Balaban J connectivity index is 2.55. The van der Waals surface area contributed by atoms with Crippen LogP contribution in [0.4, 0.5) is 0 Å². The van der Waals surface area contributed by atoms with E-state index in [-0.39, 0.29) is 10.9 Å². The first kappa shape index (κ1) is 16.1. The fourth-order valence-corrected chi connectivity index (χ4v) is 2.96. The summed E-state index contributed by atoms with van der Waals surface area (Å²) in [6.07, 6.45) is 5.84. The van der Waals surface area contributed by atoms with E-state index in [4.69, 9.17) is 10.9 Å². The van der Waals surface area contributed by atoms with Crippen LogP contribution < -0.4 is 10.9 Å². The molecule has 0 spiro atoms. The molecule has 0 aliphatic rings. The van der Waals surface area contributed by atoms with E-state index < -0.39 is 10.0 Å². The quantitative estimate of drug-likeness (QED) is 0.767. The average molecular weight is 284 g/mol. The number of hydrogen-bond donors (Lipinski definition) is 2. The van der Waals surface area contributed by atoms with Gasteiger partial charge in [-0.2, -0.15) is 0 Å². The zero-order valence-electron chi connectivity index (χ0n) is 11.5. The summed E-state index contributed by atoms with van der Waals surface area (Å²) in [4.78, 5) is 0.233. The van der Waals surface area contributed by atoms with Crippen LogP contribution in [0, 0.1) is 0 Å². The fraction of sp³-hybridized carbons (Fsp3) is 0.571. The highest BCUT2D eigenvalue weighted by Gasteiger charge is 2.12. The van der Waals surface area contributed by atoms with Crippen LogP contribution in [-0.2, 0) is 16.4 Å². The van der Waals surface area contributed by atoms with Gasteiger partial charge >= 0.3 is 0 Å². The van der Waals surface area contributed by atoms with Gasteiger partial charge in [-0.05, 0) is 37.3 Å². The van der Waals surface area contributed by atoms with Crippen LogP contribution >= 0.6 is 0 Å². The van der Waals surface area contributed by atoms with Gasteiger partial charge in [-0.3, -0.25) is 0 Å². The molecule has 0 amide bonds. The molecule has 0 saturated heterocycles. The molecule has 0 aliphatic heterocycles. The first-order valence-electron chi connectivity index (χ1n) is 6.81. The molecule has 0 aliphatic carbocycles. The lowest BCUT2D eigenvalue weighted by atomic mass is 10.0. The maximum absolute atomic E-state index is 11.4. The highest BCUT2D eigenvalue weighted by molar-refractivity contribution is 7.89. The molecule has 1 aromatic rings. The molecular formula is C14H24N2O2S. The van der Waals surface area contributed by atoms with Gasteiger partial charge < -0.3 is 5.73 Å². The van der Waals surface area contributed by atoms with Gasteiger partial charge in [-0.25, -0.2) is 13.6 Å². The van der Waals surface area contributed by atoms with E-state index in [2.05, 4.69) is 6.92 Å². The number of aryl methyl sites for hydroxylation is 1. The monoisotopic (exact) mass is 284 g/mol. The van der Waals surface area contributed by atoms with E-state index in [9.17, 15) is 8.42 Å². The zero-order chi connectivity index (χ0) is 14.3. The third-order valence-corrected chi connectivity index (χ3v) is 4.24. The zero-order valence-corrected chi connectivity index (χ0v) is 12.3. The first-order chi connectivity index (χ1) is 8.95. The molecule has 1 unspecified atom stereocenters. The first-order valence-corrected chi connectivity index (χ1v) is 8.36. The van der Waals surface area contributed by atoms with E-state index in [0.717, 1.165) is 37.7 Å². The number of benzene rings is 1. The van der Waals surface area contributed by atoms with Crippen molar-refractivity contribution in [1.29, 1.82) is 0 Å². The van der Waals surface area contributed by atoms with Crippen molar-refractivity contribution < 1.29 is 8.42 Å². The molecule has 4 N–H and O–H groups in total. The predicted octanol–water partition coefficient (Wildman–Crippen LogP) is 2.17. The van der Waals surface area contributed by atoms with Crippen molar-refractivity contribution in [2.45, 2.75) is 56.4 Å². The lowest BCUT2D eigenvalue weighted by molar-refractivity contribution is 0.522. The van der Waals surface area contributed by atoms with Crippen LogP contribution in [-0.4, -0.2) is 14.5 Å². The molecule has 4 nitrogen and oxygen atoms in total. The number of rotatable bonds is 8. The van der Waals surface area contributed by atoms with Gasteiger partial charge in [0.2, 0.25) is 10.0 Å². The van der Waals surface area contributed by atoms with Crippen LogP contribution in [0.1, 0.15) is 44.6 Å². The van der Waals surface area contributed by atoms with Gasteiger partial charge in [0.15, 0.2) is 0 Å². The molecule has 1 atom stereocenters. The Kier molecular flexibility index (Phi) is 6.48. The maximum Gasteiger partial charge on any atom is 0.238 e. The standard InChI is InChI=1S/C14H24N2O2S/c1-2-3-9-13(15)10-6-8-12-7-4-5-11-14(12)19(16,17)18/h4-5,7,11,13H,2-3,6,8-10,15H2,1H3,(H2,16,17,18). The predicted molar refractivity (Wildman–Crippen MR) is 78.3 cm³/mol. The summed E-state index contributed by atoms with van der Waals surface area (Å²) in [5.41, 5.74) is 6.79. The summed E-state index contributed by atoms with van der Waals surface area (Å²) >= 11 is 0. The molecule has 0 saturated carbocycles. The normalized spacial score (nSPS) is 13.4. The van der Waals surface area contributed by atoms with Crippen molar-refractivity contribution >= 4 is 10.0 Å². The van der Waals surface area contributed by atoms with Crippen LogP contribution in [0.5, 0.6) is 0 Å². The van der Waals surface area contributed by atoms with Gasteiger partial charge in [0, 0.05) is 6.04 Å². The van der Waals surface area contributed by atoms with Crippen molar-refractivity contribution in [2.24, 2.45) is 10.9 Å². The van der Waals surface area contributed by atoms with Crippen molar-refractivity contribution in [2.75, 3.05) is 0 Å². The second kappa shape index (κ2) is 7.62. The van der Waals surface area contributed by atoms with E-state index in [1.165, 1.54) is 0 Å². The molecule has 0 bridgehead atoms. The van der Waals surface area contributed by atoms with Crippen LogP contribution in [0.15, 0.2) is 29.2 Å². The molecule has 0 radical (unpaired) electrons. The van der Waals surface area contributed by atoms with Crippen LogP contribution in [0.3, 0.4) is 0 Å². The van der Waals surface area contributed by atoms with Crippen molar-refractivity contribution in [3.63, 3.8) is 0 Å². The van der Waals surface area contributed by atoms with Crippen LogP contribution in [0.25, 0.3) is 0 Å². The lowest BCUT2D eigenvalue weighted by Crippen LogP contribution is -2.20. The molecular weight excluding hydrogens is 260 g/mol. The Labute approximate surface area is 116 Å². The van der Waals surface area contributed by atoms with Gasteiger partial charge in [-0.15, -0.1) is 0 Å². The van der Waals surface area contributed by atoms with Gasteiger partial charge in [0.1, 0.15) is 0 Å². The summed E-state index contributed by atoms with van der Waals surface area (Å²) in [5, 5.41) is 5.20. The fourth-order valence-electron chi connectivity index (χ4n) is 2.15. The van der Waals surface area contributed by atoms with Crippen molar-refractivity contribution in [3.05, 3.63) is 29.8 Å². The van der Waals surface area contributed by atoms with Gasteiger partial charge in [0.25, 0.3) is 0 Å². The highest BCUT2D eigenvalue weighted by atomic mass is 32.2. The maximum atomic E-state index is 11.4. The Bertz CT molecular complexity index is 486. The minimum Gasteiger partial charge on any atom is -0.328 e. The number of sulfonamides is 1. The molecule has 0 fully saturated rings. The Morgan fingerprint density at radius 3 is 2.42 bits per heavy atom. The summed E-state index contributed by atoms with van der Waals surface area (Å²) in [7, 11) is -3.63. The number of nitrogens with two attached hydrogens (primary N) is 2. The second-order valence-electron chi connectivity index (χ2n) is 4.95. The average Bonchev–Trinajstić information content (AvgIpc) is 2.35.